The van der Waals surface area contributed by atoms with Crippen LogP contribution >= 0.6 is 23.2 Å². The maximum atomic E-state index is 14.2. The standard InChI is InChI=1S/C22H18Cl2FNO2/c23-14-9-8-13(20(25)10-14)12-28-21-17-7-2-1-6-16(17)19(24)11-18(21)22(27)26-15-4-3-5-15/h1-2,6-11,15H,3-5,12H2,(H,26,27). The van der Waals surface area contributed by atoms with Gasteiger partial charge in [0.2, 0.25) is 0 Å². The van der Waals surface area contributed by atoms with E-state index in [4.69, 9.17) is 27.9 Å². The molecule has 1 aliphatic rings. The van der Waals surface area contributed by atoms with Crippen LogP contribution in [0.5, 0.6) is 5.75 Å². The van der Waals surface area contributed by atoms with E-state index in [1.54, 1.807) is 18.2 Å². The van der Waals surface area contributed by atoms with Gasteiger partial charge in [-0.25, -0.2) is 4.39 Å². The quantitative estimate of drug-likeness (QED) is 0.540. The highest BCUT2D eigenvalue weighted by Gasteiger charge is 2.24. The molecular formula is C22H18Cl2FNO2. The molecule has 0 saturated heterocycles. The Hall–Kier alpha value is -2.30. The van der Waals surface area contributed by atoms with Crippen LogP contribution in [-0.4, -0.2) is 11.9 Å². The molecule has 0 heterocycles. The molecule has 0 aromatic heterocycles. The highest BCUT2D eigenvalue weighted by Crippen LogP contribution is 2.36. The number of rotatable bonds is 5. The fraction of sp³-hybridized carbons (Fsp3) is 0.227. The maximum absolute atomic E-state index is 14.2. The van der Waals surface area contributed by atoms with E-state index in [1.807, 2.05) is 24.3 Å². The highest BCUT2D eigenvalue weighted by molar-refractivity contribution is 6.36. The largest absolute Gasteiger partial charge is 0.487 e. The Bertz CT molecular complexity index is 1050. The van der Waals surface area contributed by atoms with E-state index in [0.29, 0.717) is 32.3 Å². The monoisotopic (exact) mass is 417 g/mol. The lowest BCUT2D eigenvalue weighted by molar-refractivity contribution is 0.0912. The lowest BCUT2D eigenvalue weighted by Gasteiger charge is -2.27. The minimum Gasteiger partial charge on any atom is -0.487 e. The molecule has 3 aromatic rings. The van der Waals surface area contributed by atoms with Crippen LogP contribution in [-0.2, 0) is 6.61 Å². The van der Waals surface area contributed by atoms with Gasteiger partial charge in [0.25, 0.3) is 5.91 Å². The summed E-state index contributed by atoms with van der Waals surface area (Å²) in [5.74, 6) is -0.290. The van der Waals surface area contributed by atoms with Gasteiger partial charge < -0.3 is 10.1 Å². The first-order valence-corrected chi connectivity index (χ1v) is 9.87. The van der Waals surface area contributed by atoms with Gasteiger partial charge >= 0.3 is 0 Å². The first-order valence-electron chi connectivity index (χ1n) is 9.12. The summed E-state index contributed by atoms with van der Waals surface area (Å²) >= 11 is 12.2. The number of amides is 1. The molecule has 0 atom stereocenters. The Kier molecular flexibility index (Phi) is 5.42. The fourth-order valence-electron chi connectivity index (χ4n) is 3.23. The van der Waals surface area contributed by atoms with Crippen molar-refractivity contribution in [2.75, 3.05) is 0 Å². The van der Waals surface area contributed by atoms with Gasteiger partial charge in [0.05, 0.1) is 5.56 Å². The first-order chi connectivity index (χ1) is 13.5. The minimum absolute atomic E-state index is 0.0294. The van der Waals surface area contributed by atoms with E-state index in [9.17, 15) is 9.18 Å². The molecule has 6 heteroatoms. The molecule has 1 aliphatic carbocycles. The van der Waals surface area contributed by atoms with Crippen LogP contribution in [0.25, 0.3) is 10.8 Å². The molecule has 1 saturated carbocycles. The topological polar surface area (TPSA) is 38.3 Å². The predicted molar refractivity (Wildman–Crippen MR) is 110 cm³/mol. The Morgan fingerprint density at radius 1 is 1.11 bits per heavy atom. The van der Waals surface area contributed by atoms with Gasteiger partial charge in [0.15, 0.2) is 0 Å². The first kappa shape index (κ1) is 19.0. The van der Waals surface area contributed by atoms with Gasteiger partial charge in [-0.2, -0.15) is 0 Å². The van der Waals surface area contributed by atoms with Gasteiger partial charge in [0, 0.05) is 32.4 Å². The molecule has 0 bridgehead atoms. The zero-order valence-electron chi connectivity index (χ0n) is 15.0. The molecule has 3 nitrogen and oxygen atoms in total. The molecule has 1 amide bonds. The molecule has 0 aliphatic heterocycles. The number of fused-ring (bicyclic) bond motifs is 1. The van der Waals surface area contributed by atoms with E-state index in [2.05, 4.69) is 5.32 Å². The molecule has 144 valence electrons. The zero-order valence-corrected chi connectivity index (χ0v) is 16.5. The number of halogens is 3. The Morgan fingerprint density at radius 3 is 2.54 bits per heavy atom. The predicted octanol–water partition coefficient (Wildman–Crippen LogP) is 6.15. The van der Waals surface area contributed by atoms with E-state index >= 15 is 0 Å². The second-order valence-electron chi connectivity index (χ2n) is 6.91. The van der Waals surface area contributed by atoms with Crippen molar-refractivity contribution in [2.45, 2.75) is 31.9 Å². The van der Waals surface area contributed by atoms with Crippen LogP contribution in [0.1, 0.15) is 35.2 Å². The van der Waals surface area contributed by atoms with Crippen molar-refractivity contribution in [3.63, 3.8) is 0 Å². The SMILES string of the molecule is O=C(NC1CCC1)c1cc(Cl)c2ccccc2c1OCc1ccc(Cl)cc1F. The Morgan fingerprint density at radius 2 is 1.86 bits per heavy atom. The average molecular weight is 418 g/mol. The molecular weight excluding hydrogens is 400 g/mol. The van der Waals surface area contributed by atoms with Crippen LogP contribution in [0.15, 0.2) is 48.5 Å². The van der Waals surface area contributed by atoms with Crippen molar-refractivity contribution in [3.05, 3.63) is 75.5 Å². The van der Waals surface area contributed by atoms with E-state index in [1.165, 1.54) is 6.07 Å². The van der Waals surface area contributed by atoms with Crippen molar-refractivity contribution in [1.82, 2.24) is 5.32 Å². The number of ether oxygens (including phenoxy) is 1. The van der Waals surface area contributed by atoms with Gasteiger partial charge in [0.1, 0.15) is 18.2 Å². The number of hydrogen-bond acceptors (Lipinski definition) is 2. The van der Waals surface area contributed by atoms with Crippen LogP contribution in [0.3, 0.4) is 0 Å². The lowest BCUT2D eigenvalue weighted by Crippen LogP contribution is -2.39. The van der Waals surface area contributed by atoms with Crippen molar-refractivity contribution < 1.29 is 13.9 Å². The Balaban J connectivity index is 1.72. The van der Waals surface area contributed by atoms with Crippen LogP contribution in [0, 0.1) is 5.82 Å². The van der Waals surface area contributed by atoms with Crippen LogP contribution in [0.2, 0.25) is 10.0 Å². The number of carbonyl (C=O) groups is 1. The summed E-state index contributed by atoms with van der Waals surface area (Å²) in [5, 5.41) is 5.29. The van der Waals surface area contributed by atoms with Crippen molar-refractivity contribution in [3.8, 4) is 5.75 Å². The Labute approximate surface area is 172 Å². The minimum atomic E-state index is -0.453. The van der Waals surface area contributed by atoms with E-state index in [0.717, 1.165) is 24.6 Å². The molecule has 0 radical (unpaired) electrons. The smallest absolute Gasteiger partial charge is 0.255 e. The van der Waals surface area contributed by atoms with Crippen LogP contribution in [0.4, 0.5) is 4.39 Å². The summed E-state index contributed by atoms with van der Waals surface area (Å²) in [6.45, 7) is -0.0294. The second-order valence-corrected chi connectivity index (χ2v) is 7.75. The van der Waals surface area contributed by atoms with E-state index in [-0.39, 0.29) is 18.6 Å². The van der Waals surface area contributed by atoms with Crippen molar-refractivity contribution in [1.29, 1.82) is 0 Å². The van der Waals surface area contributed by atoms with Gasteiger partial charge in [-0.1, -0.05) is 53.5 Å². The molecule has 3 aromatic carbocycles. The number of nitrogens with one attached hydrogen (secondary N) is 1. The maximum Gasteiger partial charge on any atom is 0.255 e. The van der Waals surface area contributed by atoms with Gasteiger partial charge in [-0.15, -0.1) is 0 Å². The summed E-state index contributed by atoms with van der Waals surface area (Å²) in [4.78, 5) is 12.8. The summed E-state index contributed by atoms with van der Waals surface area (Å²) in [5.41, 5.74) is 0.707. The van der Waals surface area contributed by atoms with Gasteiger partial charge in [-0.05, 0) is 37.5 Å². The van der Waals surface area contributed by atoms with E-state index < -0.39 is 5.82 Å². The third kappa shape index (κ3) is 3.80. The summed E-state index contributed by atoms with van der Waals surface area (Å²) in [7, 11) is 0. The number of carbonyl (C=O) groups excluding carboxylic acids is 1. The molecule has 28 heavy (non-hydrogen) atoms. The molecule has 0 unspecified atom stereocenters. The normalized spacial score (nSPS) is 14.0. The molecule has 4 rings (SSSR count). The fourth-order valence-corrected chi connectivity index (χ4v) is 3.67. The number of benzene rings is 3. The molecule has 0 spiro atoms. The summed E-state index contributed by atoms with van der Waals surface area (Å²) in [6, 6.07) is 13.6. The summed E-state index contributed by atoms with van der Waals surface area (Å²) in [6.07, 6.45) is 3.06. The number of hydrogen-bond donors (Lipinski definition) is 1. The molecule has 1 fully saturated rings. The zero-order chi connectivity index (χ0) is 19.7. The average Bonchev–Trinajstić information content (AvgIpc) is 2.65. The van der Waals surface area contributed by atoms with Crippen LogP contribution < -0.4 is 10.1 Å². The molecule has 1 N–H and O–H groups in total. The third-order valence-corrected chi connectivity index (χ3v) is 5.56. The lowest BCUT2D eigenvalue weighted by atomic mass is 9.92. The third-order valence-electron chi connectivity index (χ3n) is 5.02. The van der Waals surface area contributed by atoms with Crippen molar-refractivity contribution >= 4 is 39.9 Å². The summed E-state index contributed by atoms with van der Waals surface area (Å²) < 4.78 is 20.1. The van der Waals surface area contributed by atoms with Gasteiger partial charge in [-0.3, -0.25) is 4.79 Å². The highest BCUT2D eigenvalue weighted by atomic mass is 35.5. The second kappa shape index (κ2) is 7.98. The van der Waals surface area contributed by atoms with Crippen molar-refractivity contribution in [2.24, 2.45) is 0 Å².